The molecule has 0 saturated carbocycles. The molecular weight excluding hydrogens is 272 g/mol. The third-order valence-electron chi connectivity index (χ3n) is 2.31. The summed E-state index contributed by atoms with van der Waals surface area (Å²) in [5.41, 5.74) is 3.04. The Hall–Kier alpha value is -1.69. The van der Waals surface area contributed by atoms with Gasteiger partial charge in [-0.25, -0.2) is 9.61 Å². The van der Waals surface area contributed by atoms with E-state index in [1.54, 1.807) is 0 Å². The van der Waals surface area contributed by atoms with Crippen molar-refractivity contribution in [3.63, 3.8) is 0 Å². The largest absolute Gasteiger partial charge is 0.305 e. The number of hydrogen-bond donors (Lipinski definition) is 0. The molecule has 0 radical (unpaired) electrons. The molecule has 0 bridgehead atoms. The summed E-state index contributed by atoms with van der Waals surface area (Å²) in [6.45, 7) is 1.84. The molecule has 16 heavy (non-hydrogen) atoms. The lowest BCUT2D eigenvalue weighted by Crippen LogP contribution is -1.80. The number of imidazole rings is 1. The van der Waals surface area contributed by atoms with Gasteiger partial charge < -0.3 is 4.40 Å². The number of halogens is 1. The summed E-state index contributed by atoms with van der Waals surface area (Å²) in [6.07, 6.45) is 3.83. The zero-order valence-corrected chi connectivity index (χ0v) is 9.97. The Bertz CT molecular complexity index is 658. The molecular formula is C10H7BrN4O. The fourth-order valence-electron chi connectivity index (χ4n) is 1.54. The van der Waals surface area contributed by atoms with Crippen LogP contribution in [0.2, 0.25) is 0 Å². The maximum atomic E-state index is 4.66. The number of pyridine rings is 1. The van der Waals surface area contributed by atoms with E-state index in [4.69, 9.17) is 0 Å². The van der Waals surface area contributed by atoms with E-state index in [0.717, 1.165) is 21.5 Å². The highest BCUT2D eigenvalue weighted by atomic mass is 79.9. The van der Waals surface area contributed by atoms with Gasteiger partial charge in [0.1, 0.15) is 17.0 Å². The maximum absolute atomic E-state index is 4.66. The zero-order chi connectivity index (χ0) is 11.1. The molecule has 0 spiro atoms. The van der Waals surface area contributed by atoms with E-state index in [-0.39, 0.29) is 0 Å². The topological polar surface area (TPSA) is 56.2 Å². The summed E-state index contributed by atoms with van der Waals surface area (Å²) >= 11 is 3.41. The molecule has 3 aromatic rings. The van der Waals surface area contributed by atoms with Crippen LogP contribution in [0.3, 0.4) is 0 Å². The Morgan fingerprint density at radius 1 is 1.25 bits per heavy atom. The van der Waals surface area contributed by atoms with Gasteiger partial charge in [-0.2, -0.15) is 0 Å². The smallest absolute Gasteiger partial charge is 0.157 e. The van der Waals surface area contributed by atoms with Gasteiger partial charge in [-0.1, -0.05) is 5.16 Å². The summed E-state index contributed by atoms with van der Waals surface area (Å²) in [5, 5.41) is 7.57. The predicted molar refractivity (Wildman–Crippen MR) is 60.9 cm³/mol. The van der Waals surface area contributed by atoms with Crippen LogP contribution in [-0.4, -0.2) is 19.7 Å². The first-order valence-electron chi connectivity index (χ1n) is 4.68. The van der Waals surface area contributed by atoms with Crippen LogP contribution in [0.25, 0.3) is 17.0 Å². The lowest BCUT2D eigenvalue weighted by molar-refractivity contribution is 0.306. The number of fused-ring (bicyclic) bond motifs is 1. The van der Waals surface area contributed by atoms with Crippen LogP contribution >= 0.6 is 15.9 Å². The van der Waals surface area contributed by atoms with Crippen LogP contribution in [-0.2, 0) is 0 Å². The van der Waals surface area contributed by atoms with Gasteiger partial charge in [0.25, 0.3) is 0 Å². The molecule has 3 rings (SSSR count). The van der Waals surface area contributed by atoms with Gasteiger partial charge in [0.2, 0.25) is 0 Å². The van der Waals surface area contributed by atoms with Crippen LogP contribution in [0.1, 0.15) is 5.69 Å². The molecule has 0 fully saturated rings. The van der Waals surface area contributed by atoms with Gasteiger partial charge in [0.05, 0.1) is 0 Å². The van der Waals surface area contributed by atoms with Crippen molar-refractivity contribution >= 4 is 21.6 Å². The van der Waals surface area contributed by atoms with E-state index in [9.17, 15) is 0 Å². The van der Waals surface area contributed by atoms with Gasteiger partial charge in [0, 0.05) is 16.9 Å². The molecule has 80 valence electrons. The standard InChI is InChI=1S/C10H7BrN4O/c1-6-10(14-16-13-6)8-5-15-4-7(11)2-3-9(15)12-8/h2-5H,1H3. The van der Waals surface area contributed by atoms with Crippen LogP contribution < -0.4 is 0 Å². The fourth-order valence-corrected chi connectivity index (χ4v) is 1.90. The third-order valence-corrected chi connectivity index (χ3v) is 2.78. The molecule has 5 nitrogen and oxygen atoms in total. The van der Waals surface area contributed by atoms with Gasteiger partial charge in [0.15, 0.2) is 5.69 Å². The van der Waals surface area contributed by atoms with Crippen molar-refractivity contribution in [3.8, 4) is 11.4 Å². The van der Waals surface area contributed by atoms with Crippen molar-refractivity contribution in [1.82, 2.24) is 19.7 Å². The van der Waals surface area contributed by atoms with Crippen molar-refractivity contribution in [1.29, 1.82) is 0 Å². The second-order valence-electron chi connectivity index (χ2n) is 3.44. The third kappa shape index (κ3) is 1.42. The first kappa shape index (κ1) is 9.53. The molecule has 0 saturated heterocycles. The van der Waals surface area contributed by atoms with Crippen LogP contribution in [0.15, 0.2) is 33.6 Å². The number of nitrogens with zero attached hydrogens (tertiary/aromatic N) is 4. The Labute approximate surface area is 99.2 Å². The first-order chi connectivity index (χ1) is 7.74. The van der Waals surface area contributed by atoms with Crippen LogP contribution in [0, 0.1) is 6.92 Å². The molecule has 0 unspecified atom stereocenters. The molecule has 0 aliphatic heterocycles. The maximum Gasteiger partial charge on any atom is 0.157 e. The lowest BCUT2D eigenvalue weighted by Gasteiger charge is -1.91. The van der Waals surface area contributed by atoms with Crippen molar-refractivity contribution in [3.05, 3.63) is 34.7 Å². The Kier molecular flexibility index (Phi) is 2.03. The highest BCUT2D eigenvalue weighted by molar-refractivity contribution is 9.10. The summed E-state index contributed by atoms with van der Waals surface area (Å²) in [7, 11) is 0. The molecule has 0 N–H and O–H groups in total. The number of aromatic nitrogens is 4. The van der Waals surface area contributed by atoms with Crippen molar-refractivity contribution in [2.24, 2.45) is 0 Å². The van der Waals surface area contributed by atoms with Gasteiger partial charge in [-0.3, -0.25) is 0 Å². The van der Waals surface area contributed by atoms with Crippen LogP contribution in [0.5, 0.6) is 0 Å². The molecule has 0 aromatic carbocycles. The van der Waals surface area contributed by atoms with E-state index < -0.39 is 0 Å². The minimum atomic E-state index is 0.680. The van der Waals surface area contributed by atoms with E-state index in [0.29, 0.717) is 5.69 Å². The summed E-state index contributed by atoms with van der Waals surface area (Å²) in [5.74, 6) is 0. The summed E-state index contributed by atoms with van der Waals surface area (Å²) in [6, 6.07) is 3.87. The Morgan fingerprint density at radius 3 is 2.88 bits per heavy atom. The van der Waals surface area contributed by atoms with Gasteiger partial charge in [-0.05, 0) is 40.1 Å². The molecule has 0 amide bonds. The minimum absolute atomic E-state index is 0.680. The number of aryl methyl sites for hydroxylation is 1. The number of rotatable bonds is 1. The highest BCUT2D eigenvalue weighted by Crippen LogP contribution is 2.20. The lowest BCUT2D eigenvalue weighted by atomic mass is 10.3. The van der Waals surface area contributed by atoms with Gasteiger partial charge >= 0.3 is 0 Å². The minimum Gasteiger partial charge on any atom is -0.305 e. The van der Waals surface area contributed by atoms with Crippen molar-refractivity contribution in [2.75, 3.05) is 0 Å². The quantitative estimate of drug-likeness (QED) is 0.686. The average molecular weight is 279 g/mol. The molecule has 6 heteroatoms. The number of hydrogen-bond acceptors (Lipinski definition) is 4. The molecule has 3 aromatic heterocycles. The molecule has 0 atom stereocenters. The van der Waals surface area contributed by atoms with Crippen molar-refractivity contribution < 1.29 is 4.63 Å². The van der Waals surface area contributed by atoms with Crippen LogP contribution in [0.4, 0.5) is 0 Å². The van der Waals surface area contributed by atoms with E-state index in [2.05, 4.69) is 35.9 Å². The predicted octanol–water partition coefficient (Wildman–Crippen LogP) is 2.46. The van der Waals surface area contributed by atoms with Crippen molar-refractivity contribution in [2.45, 2.75) is 6.92 Å². The SMILES string of the molecule is Cc1nonc1-c1cn2cc(Br)ccc2n1. The van der Waals surface area contributed by atoms with Gasteiger partial charge in [-0.15, -0.1) is 0 Å². The molecule has 3 heterocycles. The molecule has 0 aliphatic rings. The van der Waals surface area contributed by atoms with E-state index in [1.807, 2.05) is 35.9 Å². The average Bonchev–Trinajstić information content (AvgIpc) is 2.82. The monoisotopic (exact) mass is 278 g/mol. The second-order valence-corrected chi connectivity index (χ2v) is 4.35. The molecule has 0 aliphatic carbocycles. The highest BCUT2D eigenvalue weighted by Gasteiger charge is 2.11. The van der Waals surface area contributed by atoms with E-state index in [1.165, 1.54) is 0 Å². The normalized spacial score (nSPS) is 11.1. The summed E-state index contributed by atoms with van der Waals surface area (Å²) in [4.78, 5) is 4.44. The fraction of sp³-hybridized carbons (Fsp3) is 0.100. The van der Waals surface area contributed by atoms with E-state index >= 15 is 0 Å². The Morgan fingerprint density at radius 2 is 2.12 bits per heavy atom. The second kappa shape index (κ2) is 3.41. The first-order valence-corrected chi connectivity index (χ1v) is 5.47. The Balaban J connectivity index is 2.23. The zero-order valence-electron chi connectivity index (χ0n) is 8.38. The summed E-state index contributed by atoms with van der Waals surface area (Å²) < 4.78 is 7.58.